The molecule has 4 N–H and O–H groups in total. The number of carboxylic acid groups (broad SMARTS) is 1. The third-order valence-corrected chi connectivity index (χ3v) is 11.7. The largest absolute Gasteiger partial charge is 0.497 e. The van der Waals surface area contributed by atoms with Crippen molar-refractivity contribution in [3.63, 3.8) is 0 Å². The number of methoxy groups -OCH3 is 1. The van der Waals surface area contributed by atoms with Crippen molar-refractivity contribution in [2.24, 2.45) is 5.92 Å². The number of hydrogen-bond acceptors (Lipinski definition) is 10. The van der Waals surface area contributed by atoms with Crippen molar-refractivity contribution < 1.29 is 47.0 Å². The Morgan fingerprint density at radius 2 is 1.87 bits per heavy atom. The number of allylic oxidation sites excluding steroid dienone is 1. The van der Waals surface area contributed by atoms with Crippen LogP contribution in [-0.4, -0.2) is 95.6 Å². The van der Waals surface area contributed by atoms with Crippen molar-refractivity contribution in [3.05, 3.63) is 85.1 Å². The number of benzene rings is 2. The molecule has 5 atom stereocenters. The predicted molar refractivity (Wildman–Crippen MR) is 197 cm³/mol. The molecular formula is C38H41N5O10S. The Hall–Kier alpha value is -5.77. The van der Waals surface area contributed by atoms with Crippen molar-refractivity contribution in [2.45, 2.75) is 67.5 Å². The molecule has 1 saturated heterocycles. The summed E-state index contributed by atoms with van der Waals surface area (Å²) in [6.07, 6.45) is 4.06. The molecule has 0 spiro atoms. The number of nitrogens with one attached hydrogen (secondary N) is 3. The van der Waals surface area contributed by atoms with Crippen molar-refractivity contribution in [1.29, 1.82) is 0 Å². The van der Waals surface area contributed by atoms with E-state index in [1.807, 2.05) is 30.3 Å². The molecule has 2 aliphatic carbocycles. The summed E-state index contributed by atoms with van der Waals surface area (Å²) >= 11 is 0. The molecule has 16 heteroatoms. The van der Waals surface area contributed by atoms with E-state index in [2.05, 4.69) is 26.9 Å². The molecule has 3 fully saturated rings. The molecule has 3 aliphatic rings. The third-order valence-electron chi connectivity index (χ3n) is 9.85. The fourth-order valence-electron chi connectivity index (χ4n) is 6.63. The highest BCUT2D eigenvalue weighted by Gasteiger charge is 2.62. The van der Waals surface area contributed by atoms with E-state index in [1.165, 1.54) is 25.5 Å². The summed E-state index contributed by atoms with van der Waals surface area (Å²) in [5.41, 5.74) is -0.842. The number of hydrogen-bond donors (Lipinski definition) is 4. The van der Waals surface area contributed by atoms with Crippen LogP contribution in [0.5, 0.6) is 11.6 Å². The maximum absolute atomic E-state index is 14.2. The summed E-state index contributed by atoms with van der Waals surface area (Å²) in [6.45, 7) is 3.55. The van der Waals surface area contributed by atoms with Crippen LogP contribution in [0.2, 0.25) is 0 Å². The van der Waals surface area contributed by atoms with Gasteiger partial charge in [-0.25, -0.2) is 18.2 Å². The minimum atomic E-state index is -3.94. The van der Waals surface area contributed by atoms with Gasteiger partial charge in [0.15, 0.2) is 5.78 Å². The Labute approximate surface area is 311 Å². The predicted octanol–water partition coefficient (Wildman–Crippen LogP) is 2.96. The number of nitrogens with zero attached hydrogens (tertiary/aromatic N) is 2. The van der Waals surface area contributed by atoms with Crippen LogP contribution in [-0.2, 0) is 29.2 Å². The average Bonchev–Trinajstić information content (AvgIpc) is 4.09. The Balaban J connectivity index is 1.24. The Morgan fingerprint density at radius 1 is 1.11 bits per heavy atom. The summed E-state index contributed by atoms with van der Waals surface area (Å²) in [7, 11) is -2.40. The lowest BCUT2D eigenvalue weighted by Gasteiger charge is -2.29. The SMILES string of the molecule is C=C[C@@H]1C[C@]1(NC(=O)[C@@H]1C[C@@H](Oc2nccc3cc(OC)ccc23)CN1C(=O)[C@H](CCC(=O)C=Cc1ccccc1)NC(=O)O)C(=O)NS(=O)(=O)C1CC1. The molecular weight excluding hydrogens is 719 g/mol. The summed E-state index contributed by atoms with van der Waals surface area (Å²) in [6, 6.07) is 13.4. The Bertz CT molecular complexity index is 2110. The molecule has 15 nitrogen and oxygen atoms in total. The van der Waals surface area contributed by atoms with E-state index in [0.29, 0.717) is 24.0 Å². The number of carbonyl (C=O) groups excluding carboxylic acids is 4. The molecule has 2 aromatic carbocycles. The lowest BCUT2D eigenvalue weighted by molar-refractivity contribution is -0.141. The minimum Gasteiger partial charge on any atom is -0.497 e. The van der Waals surface area contributed by atoms with E-state index in [0.717, 1.165) is 15.8 Å². The van der Waals surface area contributed by atoms with Crippen LogP contribution in [0.4, 0.5) is 4.79 Å². The maximum Gasteiger partial charge on any atom is 0.405 e. The van der Waals surface area contributed by atoms with Gasteiger partial charge in [0.1, 0.15) is 29.5 Å². The fraction of sp³-hybridized carbons (Fsp3) is 0.368. The van der Waals surface area contributed by atoms with Crippen LogP contribution in [0.3, 0.4) is 0 Å². The van der Waals surface area contributed by atoms with Gasteiger partial charge in [-0.3, -0.25) is 23.9 Å². The second kappa shape index (κ2) is 15.7. The number of aromatic nitrogens is 1. The van der Waals surface area contributed by atoms with Gasteiger partial charge in [0, 0.05) is 30.3 Å². The molecule has 1 aliphatic heterocycles. The lowest BCUT2D eigenvalue weighted by Crippen LogP contribution is -2.58. The number of ketones is 1. The first-order valence-corrected chi connectivity index (χ1v) is 19.0. The van der Waals surface area contributed by atoms with E-state index in [4.69, 9.17) is 9.47 Å². The number of fused-ring (bicyclic) bond motifs is 1. The number of sulfonamides is 1. The fourth-order valence-corrected chi connectivity index (χ4v) is 7.99. The van der Waals surface area contributed by atoms with Crippen LogP contribution >= 0.6 is 0 Å². The molecule has 3 aromatic rings. The molecule has 284 valence electrons. The first-order chi connectivity index (χ1) is 25.8. The Morgan fingerprint density at radius 3 is 2.54 bits per heavy atom. The van der Waals surface area contributed by atoms with Gasteiger partial charge in [-0.2, -0.15) is 0 Å². The Kier molecular flexibility index (Phi) is 11.0. The van der Waals surface area contributed by atoms with Gasteiger partial charge in [-0.05, 0) is 67.0 Å². The van der Waals surface area contributed by atoms with Crippen LogP contribution in [0.15, 0.2) is 79.5 Å². The van der Waals surface area contributed by atoms with Crippen LogP contribution in [0, 0.1) is 5.92 Å². The molecule has 6 rings (SSSR count). The van der Waals surface area contributed by atoms with Gasteiger partial charge in [0.05, 0.1) is 18.9 Å². The van der Waals surface area contributed by atoms with Gasteiger partial charge >= 0.3 is 6.09 Å². The topological polar surface area (TPSA) is 210 Å². The first-order valence-electron chi connectivity index (χ1n) is 17.5. The highest BCUT2D eigenvalue weighted by Crippen LogP contribution is 2.45. The first kappa shape index (κ1) is 38.0. The average molecular weight is 760 g/mol. The zero-order chi connectivity index (χ0) is 38.6. The molecule has 1 aromatic heterocycles. The summed E-state index contributed by atoms with van der Waals surface area (Å²) in [5.74, 6) is -2.56. The lowest BCUT2D eigenvalue weighted by atomic mass is 10.1. The summed E-state index contributed by atoms with van der Waals surface area (Å²) in [4.78, 5) is 72.0. The normalized spacial score (nSPS) is 22.6. The monoisotopic (exact) mass is 759 g/mol. The van der Waals surface area contributed by atoms with Gasteiger partial charge in [-0.1, -0.05) is 42.5 Å². The van der Waals surface area contributed by atoms with Gasteiger partial charge in [-0.15, -0.1) is 6.58 Å². The standard InChI is InChI=1S/C38H41N5O10S/c1-3-25-21-38(25,36(47)42-54(50,51)29-13-14-29)41-33(45)32-20-28(53-34-30-15-12-27(52-2)19-24(30)17-18-39-34)22-43(32)35(46)31(40-37(48)49)16-11-26(44)10-9-23-7-5-4-6-8-23/h3-10,12,15,17-19,25,28-29,31-32,40H,1,11,13-14,16,20-22H2,2H3,(H,41,45)(H,42,47)(H,48,49)/t25-,28-,31+,32+,38-/m1/s1. The molecule has 54 heavy (non-hydrogen) atoms. The molecule has 0 unspecified atom stereocenters. The molecule has 2 saturated carbocycles. The third kappa shape index (κ3) is 8.54. The van der Waals surface area contributed by atoms with Crippen molar-refractivity contribution in [3.8, 4) is 11.6 Å². The zero-order valence-corrected chi connectivity index (χ0v) is 30.3. The van der Waals surface area contributed by atoms with Gasteiger partial charge < -0.3 is 30.1 Å². The highest BCUT2D eigenvalue weighted by molar-refractivity contribution is 7.91. The van der Waals surface area contributed by atoms with Crippen molar-refractivity contribution in [2.75, 3.05) is 13.7 Å². The van der Waals surface area contributed by atoms with Gasteiger partial charge in [0.2, 0.25) is 27.7 Å². The molecule has 2 heterocycles. The number of carbonyl (C=O) groups is 5. The smallest absolute Gasteiger partial charge is 0.405 e. The summed E-state index contributed by atoms with van der Waals surface area (Å²) < 4.78 is 39.0. The summed E-state index contributed by atoms with van der Waals surface area (Å²) in [5, 5.41) is 15.3. The van der Waals surface area contributed by atoms with Crippen molar-refractivity contribution >= 4 is 56.5 Å². The van der Waals surface area contributed by atoms with Gasteiger partial charge in [0.25, 0.3) is 5.91 Å². The molecule has 0 bridgehead atoms. The van der Waals surface area contributed by atoms with E-state index in [9.17, 15) is 37.5 Å². The minimum absolute atomic E-state index is 0.0822. The second-order valence-electron chi connectivity index (χ2n) is 13.6. The maximum atomic E-state index is 14.2. The van der Waals surface area contributed by atoms with Crippen molar-refractivity contribution in [1.82, 2.24) is 25.2 Å². The van der Waals surface area contributed by atoms with Crippen LogP contribution in [0.25, 0.3) is 16.8 Å². The zero-order valence-electron chi connectivity index (χ0n) is 29.5. The van der Waals surface area contributed by atoms with E-state index < -0.39 is 68.7 Å². The number of ether oxygens (including phenoxy) is 2. The number of likely N-dealkylation sites (tertiary alicyclic amines) is 1. The van der Waals surface area contributed by atoms with E-state index >= 15 is 0 Å². The van der Waals surface area contributed by atoms with E-state index in [-0.39, 0.29) is 43.9 Å². The van der Waals surface area contributed by atoms with Crippen LogP contribution in [0.1, 0.15) is 44.1 Å². The molecule has 0 radical (unpaired) electrons. The number of pyridine rings is 1. The highest BCUT2D eigenvalue weighted by atomic mass is 32.2. The second-order valence-corrected chi connectivity index (χ2v) is 15.6. The quantitative estimate of drug-likeness (QED) is 0.123. The molecule has 4 amide bonds. The number of amides is 4. The van der Waals surface area contributed by atoms with Crippen LogP contribution < -0.4 is 24.8 Å². The number of rotatable bonds is 16. The van der Waals surface area contributed by atoms with E-state index in [1.54, 1.807) is 30.3 Å².